The maximum absolute atomic E-state index is 12.2. The van der Waals surface area contributed by atoms with E-state index in [2.05, 4.69) is 20.8 Å². The van der Waals surface area contributed by atoms with E-state index < -0.39 is 0 Å². The van der Waals surface area contributed by atoms with E-state index in [0.717, 1.165) is 17.0 Å². The van der Waals surface area contributed by atoms with Gasteiger partial charge >= 0.3 is 0 Å². The van der Waals surface area contributed by atoms with Gasteiger partial charge in [-0.2, -0.15) is 0 Å². The highest BCUT2D eigenvalue weighted by Gasteiger charge is 2.12. The van der Waals surface area contributed by atoms with Gasteiger partial charge in [0.25, 0.3) is 0 Å². The van der Waals surface area contributed by atoms with Crippen molar-refractivity contribution in [2.24, 2.45) is 0 Å². The van der Waals surface area contributed by atoms with E-state index in [1.807, 2.05) is 32.0 Å². The molecule has 0 saturated carbocycles. The number of nitrogens with one attached hydrogen (secondary N) is 2. The number of amides is 2. The number of nitrogens with zero attached hydrogens (tertiary/aromatic N) is 3. The topological polar surface area (TPSA) is 98.1 Å². The van der Waals surface area contributed by atoms with Crippen LogP contribution in [0.5, 0.6) is 5.75 Å². The number of rotatable bonds is 9. The SMILES string of the molecule is CCOc1ccc(NC(=O)CNC(=O)CSc2nncn2-c2ccc(C)c(Cl)c2)cc1. The molecule has 8 nitrogen and oxygen atoms in total. The number of anilines is 1. The molecule has 0 saturated heterocycles. The molecule has 1 aromatic heterocycles. The quantitative estimate of drug-likeness (QED) is 0.475. The zero-order valence-electron chi connectivity index (χ0n) is 17.1. The Balaban J connectivity index is 1.47. The summed E-state index contributed by atoms with van der Waals surface area (Å²) >= 11 is 7.41. The second kappa shape index (κ2) is 10.8. The summed E-state index contributed by atoms with van der Waals surface area (Å²) in [6.45, 7) is 4.26. The number of carbonyl (C=O) groups excluding carboxylic acids is 2. The van der Waals surface area contributed by atoms with Crippen LogP contribution >= 0.6 is 23.4 Å². The number of hydrogen-bond acceptors (Lipinski definition) is 6. The maximum Gasteiger partial charge on any atom is 0.243 e. The van der Waals surface area contributed by atoms with Gasteiger partial charge in [0, 0.05) is 10.7 Å². The lowest BCUT2D eigenvalue weighted by Crippen LogP contribution is -2.33. The van der Waals surface area contributed by atoms with Gasteiger partial charge in [0.2, 0.25) is 11.8 Å². The van der Waals surface area contributed by atoms with Crippen LogP contribution in [-0.4, -0.2) is 45.5 Å². The Morgan fingerprint density at radius 2 is 1.94 bits per heavy atom. The smallest absolute Gasteiger partial charge is 0.243 e. The Labute approximate surface area is 189 Å². The Bertz CT molecular complexity index is 1060. The van der Waals surface area contributed by atoms with E-state index in [1.54, 1.807) is 35.2 Å². The predicted octanol–water partition coefficient (Wildman–Crippen LogP) is 3.47. The fourth-order valence-electron chi connectivity index (χ4n) is 2.60. The van der Waals surface area contributed by atoms with Crippen LogP contribution in [0, 0.1) is 6.92 Å². The van der Waals surface area contributed by atoms with Crippen molar-refractivity contribution in [1.29, 1.82) is 0 Å². The number of ether oxygens (including phenoxy) is 1. The molecule has 10 heteroatoms. The summed E-state index contributed by atoms with van der Waals surface area (Å²) in [5.74, 6) is 0.212. The fraction of sp³-hybridized carbons (Fsp3) is 0.238. The molecule has 0 fully saturated rings. The van der Waals surface area contributed by atoms with Crippen LogP contribution in [0.2, 0.25) is 5.02 Å². The van der Waals surface area contributed by atoms with E-state index >= 15 is 0 Å². The average Bonchev–Trinajstić information content (AvgIpc) is 3.23. The van der Waals surface area contributed by atoms with Crippen molar-refractivity contribution in [3.63, 3.8) is 0 Å². The third-order valence-corrected chi connectivity index (χ3v) is 5.53. The monoisotopic (exact) mass is 459 g/mol. The summed E-state index contributed by atoms with van der Waals surface area (Å²) in [5.41, 5.74) is 2.40. The molecule has 31 heavy (non-hydrogen) atoms. The number of aromatic nitrogens is 3. The molecule has 0 atom stereocenters. The Morgan fingerprint density at radius 1 is 1.16 bits per heavy atom. The lowest BCUT2D eigenvalue weighted by atomic mass is 10.2. The van der Waals surface area contributed by atoms with Gasteiger partial charge in [-0.05, 0) is 55.8 Å². The number of carbonyl (C=O) groups is 2. The van der Waals surface area contributed by atoms with Crippen molar-refractivity contribution in [2.75, 3.05) is 24.2 Å². The minimum atomic E-state index is -0.319. The lowest BCUT2D eigenvalue weighted by Gasteiger charge is -2.09. The molecule has 0 aliphatic rings. The fourth-order valence-corrected chi connectivity index (χ4v) is 3.53. The highest BCUT2D eigenvalue weighted by molar-refractivity contribution is 7.99. The van der Waals surface area contributed by atoms with Gasteiger partial charge in [-0.15, -0.1) is 10.2 Å². The maximum atomic E-state index is 12.2. The number of benzene rings is 2. The van der Waals surface area contributed by atoms with Crippen LogP contribution in [0.15, 0.2) is 53.9 Å². The highest BCUT2D eigenvalue weighted by atomic mass is 35.5. The second-order valence-electron chi connectivity index (χ2n) is 6.49. The minimum absolute atomic E-state index is 0.0919. The number of thioether (sulfide) groups is 1. The van der Waals surface area contributed by atoms with Gasteiger partial charge in [-0.3, -0.25) is 14.2 Å². The summed E-state index contributed by atoms with van der Waals surface area (Å²) < 4.78 is 7.11. The molecule has 0 radical (unpaired) electrons. The molecule has 0 spiro atoms. The molecule has 162 valence electrons. The molecule has 1 heterocycles. The van der Waals surface area contributed by atoms with Crippen molar-refractivity contribution < 1.29 is 14.3 Å². The predicted molar refractivity (Wildman–Crippen MR) is 121 cm³/mol. The molecule has 3 rings (SSSR count). The molecule has 3 aromatic rings. The molecule has 2 aromatic carbocycles. The van der Waals surface area contributed by atoms with Crippen molar-refractivity contribution in [3.8, 4) is 11.4 Å². The largest absolute Gasteiger partial charge is 0.494 e. The van der Waals surface area contributed by atoms with Crippen molar-refractivity contribution >= 4 is 40.9 Å². The summed E-state index contributed by atoms with van der Waals surface area (Å²) in [5, 5.41) is 14.5. The first kappa shape index (κ1) is 22.6. The van der Waals surface area contributed by atoms with E-state index in [9.17, 15) is 9.59 Å². The standard InChI is InChI=1S/C21H22ClN5O3S/c1-3-30-17-8-5-15(6-9-17)25-19(28)11-23-20(29)12-31-21-26-24-13-27(21)16-7-4-14(2)18(22)10-16/h4-10,13H,3,11-12H2,1-2H3,(H,23,29)(H,25,28). The molecular weight excluding hydrogens is 438 g/mol. The van der Waals surface area contributed by atoms with Crippen LogP contribution in [-0.2, 0) is 9.59 Å². The molecule has 0 aliphatic heterocycles. The van der Waals surface area contributed by atoms with Gasteiger partial charge in [-0.25, -0.2) is 0 Å². The summed E-state index contributed by atoms with van der Waals surface area (Å²) in [4.78, 5) is 24.2. The molecular formula is C21H22ClN5O3S. The number of hydrogen-bond donors (Lipinski definition) is 2. The first-order valence-corrected chi connectivity index (χ1v) is 10.9. The van der Waals surface area contributed by atoms with Crippen LogP contribution in [0.3, 0.4) is 0 Å². The van der Waals surface area contributed by atoms with Gasteiger partial charge in [-0.1, -0.05) is 29.4 Å². The Hall–Kier alpha value is -3.04. The molecule has 0 bridgehead atoms. The zero-order chi connectivity index (χ0) is 22.2. The van der Waals surface area contributed by atoms with E-state index in [4.69, 9.17) is 16.3 Å². The Morgan fingerprint density at radius 3 is 2.65 bits per heavy atom. The van der Waals surface area contributed by atoms with Crippen LogP contribution in [0.25, 0.3) is 5.69 Å². The van der Waals surface area contributed by atoms with Crippen molar-refractivity contribution in [2.45, 2.75) is 19.0 Å². The van der Waals surface area contributed by atoms with Crippen LogP contribution in [0.4, 0.5) is 5.69 Å². The minimum Gasteiger partial charge on any atom is -0.494 e. The first-order valence-electron chi connectivity index (χ1n) is 9.55. The molecule has 0 unspecified atom stereocenters. The third-order valence-electron chi connectivity index (χ3n) is 4.18. The number of aryl methyl sites for hydroxylation is 1. The summed E-state index contributed by atoms with van der Waals surface area (Å²) in [6, 6.07) is 12.6. The lowest BCUT2D eigenvalue weighted by molar-refractivity contribution is -0.122. The normalized spacial score (nSPS) is 10.5. The summed E-state index contributed by atoms with van der Waals surface area (Å²) in [7, 11) is 0. The summed E-state index contributed by atoms with van der Waals surface area (Å²) in [6.07, 6.45) is 1.56. The van der Waals surface area contributed by atoms with Gasteiger partial charge in [0.05, 0.1) is 24.6 Å². The van der Waals surface area contributed by atoms with E-state index in [0.29, 0.717) is 22.5 Å². The highest BCUT2D eigenvalue weighted by Crippen LogP contribution is 2.23. The molecule has 2 N–H and O–H groups in total. The van der Waals surface area contributed by atoms with Crippen LogP contribution in [0.1, 0.15) is 12.5 Å². The van der Waals surface area contributed by atoms with E-state index in [-0.39, 0.29) is 24.1 Å². The van der Waals surface area contributed by atoms with Crippen LogP contribution < -0.4 is 15.4 Å². The first-order chi connectivity index (χ1) is 15.0. The van der Waals surface area contributed by atoms with Crippen molar-refractivity contribution in [1.82, 2.24) is 20.1 Å². The zero-order valence-corrected chi connectivity index (χ0v) is 18.7. The molecule has 2 amide bonds. The van der Waals surface area contributed by atoms with Crippen molar-refractivity contribution in [3.05, 3.63) is 59.4 Å². The third kappa shape index (κ3) is 6.47. The average molecular weight is 460 g/mol. The van der Waals surface area contributed by atoms with Gasteiger partial charge in [0.1, 0.15) is 12.1 Å². The number of halogens is 1. The molecule has 0 aliphatic carbocycles. The van der Waals surface area contributed by atoms with Gasteiger partial charge < -0.3 is 15.4 Å². The van der Waals surface area contributed by atoms with Gasteiger partial charge in [0.15, 0.2) is 5.16 Å². The van der Waals surface area contributed by atoms with E-state index in [1.165, 1.54) is 11.8 Å². The second-order valence-corrected chi connectivity index (χ2v) is 7.84. The Kier molecular flexibility index (Phi) is 7.91.